The van der Waals surface area contributed by atoms with Crippen molar-refractivity contribution < 1.29 is 4.79 Å². The maximum absolute atomic E-state index is 12.6. The highest BCUT2D eigenvalue weighted by Crippen LogP contribution is 2.18. The third-order valence-corrected chi connectivity index (χ3v) is 4.49. The molecule has 1 amide bonds. The van der Waals surface area contributed by atoms with Crippen LogP contribution in [0.1, 0.15) is 22.7 Å². The number of amides is 1. The van der Waals surface area contributed by atoms with E-state index in [0.29, 0.717) is 12.2 Å². The number of hydrogen-bond acceptors (Lipinski definition) is 3. The number of rotatable bonds is 5. The van der Waals surface area contributed by atoms with Crippen molar-refractivity contribution >= 4 is 27.5 Å². The van der Waals surface area contributed by atoms with Gasteiger partial charge in [0.1, 0.15) is 11.5 Å². The lowest BCUT2D eigenvalue weighted by molar-refractivity contribution is 0.0785. The summed E-state index contributed by atoms with van der Waals surface area (Å²) in [6.07, 6.45) is 8.10. The first kappa shape index (κ1) is 15.7. The molecular weight excluding hydrogens is 358 g/mol. The first-order chi connectivity index (χ1) is 11.1. The Balaban J connectivity index is 1.67. The molecule has 120 valence electrons. The van der Waals surface area contributed by atoms with Gasteiger partial charge in [-0.25, -0.2) is 9.97 Å². The summed E-state index contributed by atoms with van der Waals surface area (Å²) in [6.45, 7) is 3.50. The number of halogens is 1. The lowest BCUT2D eigenvalue weighted by atomic mass is 10.3. The van der Waals surface area contributed by atoms with Crippen molar-refractivity contribution in [3.8, 4) is 0 Å². The summed E-state index contributed by atoms with van der Waals surface area (Å²) < 4.78 is 4.77. The van der Waals surface area contributed by atoms with Crippen LogP contribution in [0.5, 0.6) is 0 Å². The van der Waals surface area contributed by atoms with E-state index in [2.05, 4.69) is 30.5 Å². The molecule has 0 aliphatic carbocycles. The van der Waals surface area contributed by atoms with E-state index in [0.717, 1.165) is 28.9 Å². The largest absolute Gasteiger partial charge is 0.340 e. The summed E-state index contributed by atoms with van der Waals surface area (Å²) in [7, 11) is 1.82. The zero-order valence-electron chi connectivity index (χ0n) is 13.1. The van der Waals surface area contributed by atoms with Gasteiger partial charge in [0, 0.05) is 38.7 Å². The average Bonchev–Trinajstić information content (AvgIpc) is 3.14. The molecule has 0 spiro atoms. The molecule has 0 radical (unpaired) electrons. The van der Waals surface area contributed by atoms with Gasteiger partial charge in [-0.05, 0) is 41.4 Å². The standard InChI is InChI=1S/C16H18BrN5O/c1-12-18-6-10-21(12)8-4-7-20(2)16(23)14-11-19-15-13(17)5-3-9-22(14)15/h3,5-6,9-11H,4,7-8H2,1-2H3. The third-order valence-electron chi connectivity index (χ3n) is 3.87. The number of imidazole rings is 2. The predicted octanol–water partition coefficient (Wildman–Crippen LogP) is 2.76. The summed E-state index contributed by atoms with van der Waals surface area (Å²) in [5.74, 6) is 0.962. The molecule has 0 fully saturated rings. The van der Waals surface area contributed by atoms with E-state index in [-0.39, 0.29) is 5.91 Å². The molecule has 0 bridgehead atoms. The number of fused-ring (bicyclic) bond motifs is 1. The topological polar surface area (TPSA) is 55.4 Å². The SMILES string of the molecule is Cc1nccn1CCCN(C)C(=O)c1cnc2c(Br)cccn12. The molecule has 3 aromatic heterocycles. The molecule has 0 aliphatic rings. The first-order valence-corrected chi connectivity index (χ1v) is 8.22. The molecule has 7 heteroatoms. The number of carbonyl (C=O) groups excluding carboxylic acids is 1. The van der Waals surface area contributed by atoms with Crippen LogP contribution in [-0.4, -0.2) is 43.3 Å². The summed E-state index contributed by atoms with van der Waals surface area (Å²) in [4.78, 5) is 22.9. The van der Waals surface area contributed by atoms with Gasteiger partial charge in [-0.3, -0.25) is 9.20 Å². The number of aromatic nitrogens is 4. The van der Waals surface area contributed by atoms with Crippen molar-refractivity contribution in [1.82, 2.24) is 23.8 Å². The van der Waals surface area contributed by atoms with Crippen LogP contribution in [0.2, 0.25) is 0 Å². The highest BCUT2D eigenvalue weighted by Gasteiger charge is 2.17. The van der Waals surface area contributed by atoms with Gasteiger partial charge in [0.15, 0.2) is 5.65 Å². The second-order valence-corrected chi connectivity index (χ2v) is 6.30. The Hall–Kier alpha value is -2.15. The summed E-state index contributed by atoms with van der Waals surface area (Å²) in [5.41, 5.74) is 1.32. The van der Waals surface area contributed by atoms with Gasteiger partial charge in [-0.1, -0.05) is 0 Å². The average molecular weight is 376 g/mol. The number of hydrogen-bond donors (Lipinski definition) is 0. The molecule has 0 aromatic carbocycles. The Morgan fingerprint density at radius 3 is 2.91 bits per heavy atom. The van der Waals surface area contributed by atoms with E-state index in [9.17, 15) is 4.79 Å². The first-order valence-electron chi connectivity index (χ1n) is 7.42. The van der Waals surface area contributed by atoms with Gasteiger partial charge in [0.2, 0.25) is 0 Å². The van der Waals surface area contributed by atoms with Crippen LogP contribution in [0.4, 0.5) is 0 Å². The smallest absolute Gasteiger partial charge is 0.272 e. The fourth-order valence-electron chi connectivity index (χ4n) is 2.55. The van der Waals surface area contributed by atoms with Crippen molar-refractivity contribution in [1.29, 1.82) is 0 Å². The Morgan fingerprint density at radius 1 is 1.35 bits per heavy atom. The van der Waals surface area contributed by atoms with Crippen LogP contribution in [0, 0.1) is 6.92 Å². The van der Waals surface area contributed by atoms with Gasteiger partial charge in [0.25, 0.3) is 5.91 Å². The molecule has 6 nitrogen and oxygen atoms in total. The lowest BCUT2D eigenvalue weighted by Gasteiger charge is -2.17. The monoisotopic (exact) mass is 375 g/mol. The van der Waals surface area contributed by atoms with Crippen LogP contribution in [-0.2, 0) is 6.54 Å². The van der Waals surface area contributed by atoms with Crippen molar-refractivity contribution in [2.75, 3.05) is 13.6 Å². The fraction of sp³-hybridized carbons (Fsp3) is 0.312. The Kier molecular flexibility index (Phi) is 4.47. The molecule has 3 heterocycles. The third kappa shape index (κ3) is 3.14. The second kappa shape index (κ2) is 6.54. The molecule has 0 saturated carbocycles. The van der Waals surface area contributed by atoms with E-state index in [4.69, 9.17) is 0 Å². The minimum absolute atomic E-state index is 0.0297. The van der Waals surface area contributed by atoms with E-state index in [1.165, 1.54) is 0 Å². The van der Waals surface area contributed by atoms with Crippen LogP contribution >= 0.6 is 15.9 Å². The number of carbonyl (C=O) groups is 1. The van der Waals surface area contributed by atoms with E-state index >= 15 is 0 Å². The fourth-order valence-corrected chi connectivity index (χ4v) is 3.00. The maximum atomic E-state index is 12.6. The molecule has 3 rings (SSSR count). The lowest BCUT2D eigenvalue weighted by Crippen LogP contribution is -2.29. The minimum Gasteiger partial charge on any atom is -0.340 e. The Morgan fingerprint density at radius 2 is 2.17 bits per heavy atom. The second-order valence-electron chi connectivity index (χ2n) is 5.44. The van der Waals surface area contributed by atoms with Gasteiger partial charge >= 0.3 is 0 Å². The quantitative estimate of drug-likeness (QED) is 0.688. The van der Waals surface area contributed by atoms with Gasteiger partial charge < -0.3 is 9.47 Å². The normalized spacial score (nSPS) is 11.1. The highest BCUT2D eigenvalue weighted by atomic mass is 79.9. The minimum atomic E-state index is -0.0297. The van der Waals surface area contributed by atoms with Gasteiger partial charge in [0.05, 0.1) is 10.7 Å². The number of nitrogens with zero attached hydrogens (tertiary/aromatic N) is 5. The van der Waals surface area contributed by atoms with E-state index in [1.54, 1.807) is 17.3 Å². The molecule has 0 atom stereocenters. The van der Waals surface area contributed by atoms with Crippen molar-refractivity contribution in [2.24, 2.45) is 0 Å². The van der Waals surface area contributed by atoms with Gasteiger partial charge in [-0.15, -0.1) is 0 Å². The number of aryl methyl sites for hydroxylation is 2. The Bertz CT molecular complexity index is 838. The Labute approximate surface area is 142 Å². The number of pyridine rings is 1. The molecule has 0 saturated heterocycles. The predicted molar refractivity (Wildman–Crippen MR) is 91.4 cm³/mol. The molecule has 3 aromatic rings. The van der Waals surface area contributed by atoms with Crippen LogP contribution in [0.3, 0.4) is 0 Å². The zero-order chi connectivity index (χ0) is 16.4. The van der Waals surface area contributed by atoms with Crippen LogP contribution in [0.25, 0.3) is 5.65 Å². The van der Waals surface area contributed by atoms with Gasteiger partial charge in [-0.2, -0.15) is 0 Å². The van der Waals surface area contributed by atoms with Crippen molar-refractivity contribution in [2.45, 2.75) is 19.9 Å². The van der Waals surface area contributed by atoms with E-state index in [1.807, 2.05) is 42.9 Å². The molecule has 0 unspecified atom stereocenters. The maximum Gasteiger partial charge on any atom is 0.272 e. The summed E-state index contributed by atoms with van der Waals surface area (Å²) in [5, 5.41) is 0. The molecule has 0 aliphatic heterocycles. The molecule has 0 N–H and O–H groups in total. The van der Waals surface area contributed by atoms with E-state index < -0.39 is 0 Å². The molecule has 23 heavy (non-hydrogen) atoms. The zero-order valence-corrected chi connectivity index (χ0v) is 14.7. The van der Waals surface area contributed by atoms with Crippen LogP contribution in [0.15, 0.2) is 41.4 Å². The molecular formula is C16H18BrN5O. The van der Waals surface area contributed by atoms with Crippen molar-refractivity contribution in [3.63, 3.8) is 0 Å². The highest BCUT2D eigenvalue weighted by molar-refractivity contribution is 9.10. The summed E-state index contributed by atoms with van der Waals surface area (Å²) >= 11 is 3.45. The van der Waals surface area contributed by atoms with Crippen molar-refractivity contribution in [3.05, 3.63) is 52.9 Å². The van der Waals surface area contributed by atoms with Crippen LogP contribution < -0.4 is 0 Å². The summed E-state index contributed by atoms with van der Waals surface area (Å²) in [6, 6.07) is 3.80.